The Bertz CT molecular complexity index is 1620. The highest BCUT2D eigenvalue weighted by Gasteiger charge is 2.41. The van der Waals surface area contributed by atoms with Gasteiger partial charge < -0.3 is 14.5 Å². The molecule has 1 unspecified atom stereocenters. The van der Waals surface area contributed by atoms with Crippen molar-refractivity contribution in [1.82, 2.24) is 19.6 Å². The maximum absolute atomic E-state index is 13.5. The van der Waals surface area contributed by atoms with E-state index < -0.39 is 34.2 Å². The lowest BCUT2D eigenvalue weighted by Gasteiger charge is -2.22. The number of sulfonamides is 1. The zero-order chi connectivity index (χ0) is 27.8. The number of hydrogen-bond donors (Lipinski definition) is 1. The average molecular weight is 565 g/mol. The van der Waals surface area contributed by atoms with Crippen molar-refractivity contribution in [1.29, 1.82) is 0 Å². The van der Waals surface area contributed by atoms with Gasteiger partial charge in [-0.3, -0.25) is 4.79 Å². The minimum Gasteiger partial charge on any atom is -0.443 e. The monoisotopic (exact) mass is 564 g/mol. The molecule has 9 nitrogen and oxygen atoms in total. The molecule has 4 aromatic rings. The number of halogens is 4. The quantitative estimate of drug-likeness (QED) is 0.331. The number of benzene rings is 2. The van der Waals surface area contributed by atoms with E-state index in [1.165, 1.54) is 30.6 Å². The Balaban J connectivity index is 1.26. The number of rotatable bonds is 7. The highest BCUT2D eigenvalue weighted by atomic mass is 32.2. The lowest BCUT2D eigenvalue weighted by atomic mass is 10.1. The van der Waals surface area contributed by atoms with Crippen LogP contribution in [0, 0.1) is 5.82 Å². The van der Waals surface area contributed by atoms with Gasteiger partial charge in [-0.25, -0.2) is 22.8 Å². The summed E-state index contributed by atoms with van der Waals surface area (Å²) in [6, 6.07) is 10.6. The zero-order valence-corrected chi connectivity index (χ0v) is 20.8. The Morgan fingerprint density at radius 2 is 1.87 bits per heavy atom. The van der Waals surface area contributed by atoms with Gasteiger partial charge in [-0.15, -0.1) is 13.2 Å². The Labute approximate surface area is 219 Å². The third-order valence-electron chi connectivity index (χ3n) is 6.08. The number of ether oxygens (including phenoxy) is 1. The number of nitrogens with zero attached hydrogens (tertiary/aromatic N) is 3. The van der Waals surface area contributed by atoms with Crippen molar-refractivity contribution in [2.45, 2.75) is 36.9 Å². The molecule has 3 heterocycles. The second-order valence-electron chi connectivity index (χ2n) is 8.71. The summed E-state index contributed by atoms with van der Waals surface area (Å²) in [5.41, 5.74) is 1.51. The summed E-state index contributed by atoms with van der Waals surface area (Å²) >= 11 is 0. The number of carbonyl (C=O) groups excluding carboxylic acids is 1. The van der Waals surface area contributed by atoms with E-state index in [0.717, 1.165) is 28.6 Å². The Hall–Kier alpha value is -4.04. The van der Waals surface area contributed by atoms with Gasteiger partial charge in [-0.05, 0) is 61.4 Å². The van der Waals surface area contributed by atoms with E-state index in [4.69, 9.17) is 4.42 Å². The Morgan fingerprint density at radius 3 is 2.62 bits per heavy atom. The van der Waals surface area contributed by atoms with E-state index in [0.29, 0.717) is 29.8 Å². The summed E-state index contributed by atoms with van der Waals surface area (Å²) < 4.78 is 87.5. The highest BCUT2D eigenvalue weighted by molar-refractivity contribution is 7.89. The first-order chi connectivity index (χ1) is 18.5. The van der Waals surface area contributed by atoms with E-state index in [1.807, 2.05) is 0 Å². The maximum Gasteiger partial charge on any atom is 0.573 e. The molecule has 1 N–H and O–H groups in total. The third kappa shape index (κ3) is 5.86. The smallest absolute Gasteiger partial charge is 0.443 e. The maximum atomic E-state index is 13.5. The van der Waals surface area contributed by atoms with Gasteiger partial charge in [0.2, 0.25) is 11.0 Å². The number of carbonyl (C=O) groups is 1. The Morgan fingerprint density at radius 1 is 1.10 bits per heavy atom. The molecule has 2 aromatic heterocycles. The standard InChI is InChI=1S/C25H20F4N4O5S/c26-17-5-8-22-16(10-17)11-23(37-22)39(35,36)33-9-1-2-21(33)24(34)30-13-18-12-20(32-14-31-18)15-3-6-19(7-4-15)38-25(27,28)29/h3-8,10-12,14,21H,1-2,9,13H2,(H,30,34). The molecule has 1 amide bonds. The van der Waals surface area contributed by atoms with Gasteiger partial charge in [0, 0.05) is 23.6 Å². The molecule has 204 valence electrons. The largest absolute Gasteiger partial charge is 0.573 e. The fourth-order valence-electron chi connectivity index (χ4n) is 4.30. The molecule has 14 heteroatoms. The van der Waals surface area contributed by atoms with Gasteiger partial charge in [0.15, 0.2) is 0 Å². The minimum atomic E-state index is -4.80. The van der Waals surface area contributed by atoms with Crippen molar-refractivity contribution in [2.24, 2.45) is 0 Å². The fraction of sp³-hybridized carbons (Fsp3) is 0.240. The first-order valence-electron chi connectivity index (χ1n) is 11.7. The number of fused-ring (bicyclic) bond motifs is 1. The number of hydrogen-bond acceptors (Lipinski definition) is 7. The van der Waals surface area contributed by atoms with E-state index in [1.54, 1.807) is 6.07 Å². The van der Waals surface area contributed by atoms with E-state index in [9.17, 15) is 30.8 Å². The molecule has 0 saturated carbocycles. The first-order valence-corrected chi connectivity index (χ1v) is 13.1. The highest BCUT2D eigenvalue weighted by Crippen LogP contribution is 2.31. The van der Waals surface area contributed by atoms with Gasteiger partial charge >= 0.3 is 6.36 Å². The molecule has 1 aliphatic heterocycles. The number of nitrogens with one attached hydrogen (secondary N) is 1. The van der Waals surface area contributed by atoms with Crippen LogP contribution >= 0.6 is 0 Å². The van der Waals surface area contributed by atoms with Gasteiger partial charge in [0.1, 0.15) is 29.5 Å². The lowest BCUT2D eigenvalue weighted by Crippen LogP contribution is -2.45. The summed E-state index contributed by atoms with van der Waals surface area (Å²) in [5, 5.41) is 2.59. The van der Waals surface area contributed by atoms with Crippen LogP contribution in [0.5, 0.6) is 5.75 Å². The summed E-state index contributed by atoms with van der Waals surface area (Å²) in [6.45, 7) is 0.0649. The van der Waals surface area contributed by atoms with Gasteiger partial charge in [-0.1, -0.05) is 0 Å². The molecule has 1 atom stereocenters. The molecule has 0 aliphatic carbocycles. The number of furan rings is 1. The third-order valence-corrected chi connectivity index (χ3v) is 7.84. The normalized spacial score (nSPS) is 16.5. The molecular formula is C25H20F4N4O5S. The summed E-state index contributed by atoms with van der Waals surface area (Å²) in [4.78, 5) is 21.2. The lowest BCUT2D eigenvalue weighted by molar-refractivity contribution is -0.274. The van der Waals surface area contributed by atoms with Crippen molar-refractivity contribution in [2.75, 3.05) is 6.54 Å². The summed E-state index contributed by atoms with van der Waals surface area (Å²) in [7, 11) is -4.17. The predicted molar refractivity (Wildman–Crippen MR) is 129 cm³/mol. The second kappa shape index (κ2) is 10.3. The van der Waals surface area contributed by atoms with Crippen LogP contribution in [0.15, 0.2) is 70.4 Å². The molecule has 5 rings (SSSR count). The van der Waals surface area contributed by atoms with Crippen LogP contribution in [0.1, 0.15) is 18.5 Å². The van der Waals surface area contributed by atoms with Gasteiger partial charge in [-0.2, -0.15) is 4.31 Å². The zero-order valence-electron chi connectivity index (χ0n) is 20.0. The SMILES string of the molecule is O=C(NCc1cc(-c2ccc(OC(F)(F)F)cc2)ncn1)C1CCCN1S(=O)(=O)c1cc2cc(F)ccc2o1. The first kappa shape index (κ1) is 26.6. The molecule has 0 bridgehead atoms. The van der Waals surface area contributed by atoms with Crippen LogP contribution in [0.4, 0.5) is 17.6 Å². The topological polar surface area (TPSA) is 115 Å². The van der Waals surface area contributed by atoms with E-state index in [-0.39, 0.29) is 34.9 Å². The van der Waals surface area contributed by atoms with Crippen molar-refractivity contribution < 1.29 is 39.9 Å². The van der Waals surface area contributed by atoms with E-state index >= 15 is 0 Å². The van der Waals surface area contributed by atoms with Crippen LogP contribution in [0.3, 0.4) is 0 Å². The van der Waals surface area contributed by atoms with Crippen LogP contribution in [0.25, 0.3) is 22.2 Å². The number of aromatic nitrogens is 2. The fourth-order valence-corrected chi connectivity index (χ4v) is 5.91. The predicted octanol–water partition coefficient (Wildman–Crippen LogP) is 4.40. The number of alkyl halides is 3. The van der Waals surface area contributed by atoms with Crippen LogP contribution in [0.2, 0.25) is 0 Å². The molecular weight excluding hydrogens is 544 g/mol. The number of amides is 1. The molecule has 2 aromatic carbocycles. The van der Waals surface area contributed by atoms with Crippen molar-refractivity contribution in [3.63, 3.8) is 0 Å². The molecule has 0 spiro atoms. The molecule has 39 heavy (non-hydrogen) atoms. The van der Waals surface area contributed by atoms with Crippen molar-refractivity contribution in [3.05, 3.63) is 72.4 Å². The van der Waals surface area contributed by atoms with Crippen molar-refractivity contribution >= 4 is 26.9 Å². The van der Waals surface area contributed by atoms with Crippen LogP contribution in [-0.2, 0) is 21.4 Å². The summed E-state index contributed by atoms with van der Waals surface area (Å²) in [6.07, 6.45) is -2.81. The van der Waals surface area contributed by atoms with Gasteiger partial charge in [0.05, 0.1) is 17.9 Å². The average Bonchev–Trinajstić information content (AvgIpc) is 3.55. The molecule has 1 aliphatic rings. The molecule has 1 fully saturated rings. The molecule has 1 saturated heterocycles. The van der Waals surface area contributed by atoms with E-state index in [2.05, 4.69) is 20.0 Å². The van der Waals surface area contributed by atoms with Gasteiger partial charge in [0.25, 0.3) is 10.0 Å². The minimum absolute atomic E-state index is 0.0437. The molecule has 0 radical (unpaired) electrons. The Kier molecular flexibility index (Phi) is 6.99. The summed E-state index contributed by atoms with van der Waals surface area (Å²) in [5.74, 6) is -1.45. The van der Waals surface area contributed by atoms with Crippen LogP contribution < -0.4 is 10.1 Å². The van der Waals surface area contributed by atoms with Crippen molar-refractivity contribution in [3.8, 4) is 17.0 Å². The second-order valence-corrected chi connectivity index (χ2v) is 10.5. The van der Waals surface area contributed by atoms with Crippen LogP contribution in [-0.4, -0.2) is 47.5 Å².